The van der Waals surface area contributed by atoms with Crippen molar-refractivity contribution >= 4 is 5.97 Å². The monoisotopic (exact) mass is 294 g/mol. The molecule has 0 saturated heterocycles. The lowest BCUT2D eigenvalue weighted by molar-refractivity contribution is 0.0508. The molecule has 0 fully saturated rings. The summed E-state index contributed by atoms with van der Waals surface area (Å²) < 4.78 is 37.4. The second kappa shape index (κ2) is 6.74. The van der Waals surface area contributed by atoms with Crippen LogP contribution in [-0.4, -0.2) is 41.7 Å². The molecule has 0 unspecified atom stereocenters. The van der Waals surface area contributed by atoms with Gasteiger partial charge >= 0.3 is 5.97 Å². The fourth-order valence-electron chi connectivity index (χ4n) is 1.77. The first-order valence-electron chi connectivity index (χ1n) is 7.76. The summed E-state index contributed by atoms with van der Waals surface area (Å²) in [6.07, 6.45) is 0. The first-order chi connectivity index (χ1) is 11.3. The molecule has 0 aliphatic carbocycles. The second-order valence-electron chi connectivity index (χ2n) is 4.07. The van der Waals surface area contributed by atoms with E-state index in [1.54, 1.807) is 38.3 Å². The summed E-state index contributed by atoms with van der Waals surface area (Å²) in [6, 6.07) is 7.10. The van der Waals surface area contributed by atoms with Crippen molar-refractivity contribution in [3.63, 3.8) is 0 Å². The normalized spacial score (nSPS) is 13.0. The molecule has 7 heteroatoms. The van der Waals surface area contributed by atoms with Crippen LogP contribution in [0.5, 0.6) is 11.6 Å². The number of hydrogen-bond acceptors (Lipinski definition) is 6. The largest absolute Gasteiger partial charge is 0.497 e. The van der Waals surface area contributed by atoms with Crippen LogP contribution in [-0.2, 0) is 11.3 Å². The fraction of sp³-hybridized carbons (Fsp3) is 0.357. The Morgan fingerprint density at radius 3 is 2.71 bits per heavy atom. The lowest BCUT2D eigenvalue weighted by Crippen LogP contribution is -2.15. The number of carbonyl (C=O) groups is 1. The number of methoxy groups -OCH3 is 2. The van der Waals surface area contributed by atoms with E-state index in [-0.39, 0.29) is 24.7 Å². The molecule has 0 saturated carbocycles. The second-order valence-corrected chi connectivity index (χ2v) is 4.07. The zero-order valence-corrected chi connectivity index (χ0v) is 11.7. The van der Waals surface area contributed by atoms with Crippen LogP contribution in [0.3, 0.4) is 0 Å². The smallest absolute Gasteiger partial charge is 0.362 e. The minimum Gasteiger partial charge on any atom is -0.497 e. The summed E-state index contributed by atoms with van der Waals surface area (Å²) in [5.74, 6) is -0.452. The molecule has 0 amide bonds. The van der Waals surface area contributed by atoms with E-state index >= 15 is 0 Å². The maximum Gasteiger partial charge on any atom is 0.362 e. The minimum atomic E-state index is -2.75. The van der Waals surface area contributed by atoms with Gasteiger partial charge in [-0.1, -0.05) is 22.4 Å². The van der Waals surface area contributed by atoms with Gasteiger partial charge in [-0.25, -0.2) is 9.48 Å². The maximum atomic E-state index is 12.1. The zero-order valence-electron chi connectivity index (χ0n) is 14.7. The van der Waals surface area contributed by atoms with Gasteiger partial charge in [0, 0.05) is 0 Å². The number of benzene rings is 1. The summed E-state index contributed by atoms with van der Waals surface area (Å²) >= 11 is 0. The Morgan fingerprint density at radius 2 is 2.10 bits per heavy atom. The predicted octanol–water partition coefficient (Wildman–Crippen LogP) is 1.52. The van der Waals surface area contributed by atoms with Gasteiger partial charge < -0.3 is 14.2 Å². The Labute approximate surface area is 126 Å². The molecule has 0 radical (unpaired) electrons. The maximum absolute atomic E-state index is 12.1. The number of aromatic nitrogens is 3. The molecule has 0 atom stereocenters. The van der Waals surface area contributed by atoms with Gasteiger partial charge in [-0.3, -0.25) is 0 Å². The van der Waals surface area contributed by atoms with Gasteiger partial charge in [0.05, 0.1) is 31.4 Å². The third-order valence-electron chi connectivity index (χ3n) is 2.76. The summed E-state index contributed by atoms with van der Waals surface area (Å²) in [5, 5.41) is 7.44. The van der Waals surface area contributed by atoms with Crippen molar-refractivity contribution in [1.29, 1.82) is 0 Å². The molecule has 21 heavy (non-hydrogen) atoms. The molecule has 0 bridgehead atoms. The third-order valence-corrected chi connectivity index (χ3v) is 2.76. The fourth-order valence-corrected chi connectivity index (χ4v) is 1.77. The van der Waals surface area contributed by atoms with Crippen LogP contribution in [0.4, 0.5) is 0 Å². The summed E-state index contributed by atoms with van der Waals surface area (Å²) in [4.78, 5) is 12.1. The number of ether oxygens (including phenoxy) is 3. The SMILES string of the molecule is [2H]C([2H])([2H])Oc1nnn(Cc2ccc(OC)cc2)c1C(=O)OCC. The van der Waals surface area contributed by atoms with Crippen molar-refractivity contribution in [3.05, 3.63) is 35.5 Å². The van der Waals surface area contributed by atoms with Crippen molar-refractivity contribution in [1.82, 2.24) is 15.0 Å². The quantitative estimate of drug-likeness (QED) is 0.752. The highest BCUT2D eigenvalue weighted by Gasteiger charge is 2.22. The summed E-state index contributed by atoms with van der Waals surface area (Å²) in [5.41, 5.74) is 0.662. The highest BCUT2D eigenvalue weighted by Crippen LogP contribution is 2.18. The van der Waals surface area contributed by atoms with Gasteiger partial charge in [0.2, 0.25) is 5.69 Å². The lowest BCUT2D eigenvalue weighted by atomic mass is 10.2. The van der Waals surface area contributed by atoms with Crippen LogP contribution in [0.1, 0.15) is 27.1 Å². The summed E-state index contributed by atoms with van der Waals surface area (Å²) in [6.45, 7) is 1.95. The van der Waals surface area contributed by atoms with E-state index in [1.165, 1.54) is 4.68 Å². The van der Waals surface area contributed by atoms with E-state index in [1.807, 2.05) is 0 Å². The first-order valence-corrected chi connectivity index (χ1v) is 6.26. The number of rotatable bonds is 6. The van der Waals surface area contributed by atoms with Crippen LogP contribution in [0, 0.1) is 0 Å². The topological polar surface area (TPSA) is 75.5 Å². The Morgan fingerprint density at radius 1 is 1.33 bits per heavy atom. The van der Waals surface area contributed by atoms with Crippen LogP contribution in [0.15, 0.2) is 24.3 Å². The van der Waals surface area contributed by atoms with Gasteiger partial charge in [0.1, 0.15) is 5.75 Å². The standard InChI is InChI=1S/C14H17N3O4/c1-4-21-14(18)12-13(20-3)15-16-17(12)9-10-5-7-11(19-2)8-6-10/h5-8H,4,9H2,1-3H3/i3D3. The van der Waals surface area contributed by atoms with E-state index in [0.29, 0.717) is 5.75 Å². The van der Waals surface area contributed by atoms with Gasteiger partial charge in [0.15, 0.2) is 0 Å². The predicted molar refractivity (Wildman–Crippen MR) is 74.6 cm³/mol. The van der Waals surface area contributed by atoms with E-state index in [0.717, 1.165) is 5.56 Å². The van der Waals surface area contributed by atoms with Crippen LogP contribution in [0.25, 0.3) is 0 Å². The molecule has 112 valence electrons. The van der Waals surface area contributed by atoms with Gasteiger partial charge in [-0.05, 0) is 24.6 Å². The Hall–Kier alpha value is -2.57. The molecular formula is C14H17N3O4. The minimum absolute atomic E-state index is 0.125. The highest BCUT2D eigenvalue weighted by molar-refractivity contribution is 5.89. The lowest BCUT2D eigenvalue weighted by Gasteiger charge is -2.07. The molecule has 2 rings (SSSR count). The highest BCUT2D eigenvalue weighted by atomic mass is 16.5. The molecule has 1 aromatic heterocycles. The average Bonchev–Trinajstić information content (AvgIpc) is 2.88. The number of esters is 1. The molecule has 7 nitrogen and oxygen atoms in total. The van der Waals surface area contributed by atoms with E-state index in [9.17, 15) is 4.79 Å². The number of hydrogen-bond donors (Lipinski definition) is 0. The van der Waals surface area contributed by atoms with Crippen molar-refractivity contribution in [3.8, 4) is 11.6 Å². The zero-order chi connectivity index (χ0) is 17.7. The van der Waals surface area contributed by atoms with E-state index in [4.69, 9.17) is 18.3 Å². The molecule has 0 spiro atoms. The van der Waals surface area contributed by atoms with E-state index in [2.05, 4.69) is 10.3 Å². The van der Waals surface area contributed by atoms with E-state index < -0.39 is 13.0 Å². The number of nitrogens with zero attached hydrogens (tertiary/aromatic N) is 3. The first kappa shape index (κ1) is 11.1. The molecule has 0 aliphatic heterocycles. The molecular weight excluding hydrogens is 274 g/mol. The molecule has 0 N–H and O–H groups in total. The van der Waals surface area contributed by atoms with Crippen molar-refractivity contribution < 1.29 is 23.1 Å². The number of carbonyl (C=O) groups excluding carboxylic acids is 1. The van der Waals surface area contributed by atoms with Gasteiger partial charge in [-0.15, -0.1) is 0 Å². The summed E-state index contributed by atoms with van der Waals surface area (Å²) in [7, 11) is -1.19. The van der Waals surface area contributed by atoms with Crippen molar-refractivity contribution in [2.45, 2.75) is 13.5 Å². The van der Waals surface area contributed by atoms with Crippen molar-refractivity contribution in [2.75, 3.05) is 20.8 Å². The van der Waals surface area contributed by atoms with Gasteiger partial charge in [-0.2, -0.15) is 0 Å². The Kier molecular flexibility index (Phi) is 3.57. The van der Waals surface area contributed by atoms with Crippen LogP contribution in [0.2, 0.25) is 0 Å². The Bertz CT molecular complexity index is 698. The van der Waals surface area contributed by atoms with Crippen LogP contribution < -0.4 is 9.47 Å². The van der Waals surface area contributed by atoms with Gasteiger partial charge in [0.25, 0.3) is 5.88 Å². The average molecular weight is 294 g/mol. The molecule has 1 heterocycles. The molecule has 1 aromatic carbocycles. The van der Waals surface area contributed by atoms with Crippen LogP contribution >= 0.6 is 0 Å². The Balaban J connectivity index is 2.32. The molecule has 2 aromatic rings. The molecule has 0 aliphatic rings. The van der Waals surface area contributed by atoms with Crippen molar-refractivity contribution in [2.24, 2.45) is 0 Å². The third kappa shape index (κ3) is 3.31.